The van der Waals surface area contributed by atoms with Gasteiger partial charge in [-0.25, -0.2) is 0 Å². The summed E-state index contributed by atoms with van der Waals surface area (Å²) >= 11 is 0. The molecule has 0 amide bonds. The van der Waals surface area contributed by atoms with Crippen LogP contribution in [0.3, 0.4) is 0 Å². The van der Waals surface area contributed by atoms with Crippen molar-refractivity contribution in [3.63, 3.8) is 0 Å². The molecule has 1 saturated carbocycles. The van der Waals surface area contributed by atoms with Gasteiger partial charge in [0.1, 0.15) is 0 Å². The number of hydrogen-bond donors (Lipinski definition) is 1. The van der Waals surface area contributed by atoms with E-state index >= 15 is 0 Å². The molecule has 0 radical (unpaired) electrons. The highest BCUT2D eigenvalue weighted by Gasteiger charge is 2.19. The Hall–Kier alpha value is -0.820. The Bertz CT molecular complexity index is 395. The van der Waals surface area contributed by atoms with Gasteiger partial charge in [-0.3, -0.25) is 0 Å². The highest BCUT2D eigenvalue weighted by atomic mass is 14.9. The summed E-state index contributed by atoms with van der Waals surface area (Å²) in [5.74, 6) is 0.987. The highest BCUT2D eigenvalue weighted by molar-refractivity contribution is 5.24. The molecule has 0 heterocycles. The van der Waals surface area contributed by atoms with Crippen molar-refractivity contribution >= 4 is 0 Å². The fourth-order valence-corrected chi connectivity index (χ4v) is 3.73. The van der Waals surface area contributed by atoms with Gasteiger partial charge in [0, 0.05) is 12.1 Å². The maximum Gasteiger partial charge on any atom is 0.0294 e. The second kappa shape index (κ2) is 8.58. The molecule has 1 aromatic carbocycles. The average Bonchev–Trinajstić information content (AvgIpc) is 2.73. The SMILES string of the molecule is CCCC1CCCC(NC(C)c2ccc(CC)cc2)CC1. The maximum absolute atomic E-state index is 3.88. The largest absolute Gasteiger partial charge is 0.307 e. The monoisotopic (exact) mass is 287 g/mol. The van der Waals surface area contributed by atoms with E-state index in [0.29, 0.717) is 12.1 Å². The molecule has 0 aromatic heterocycles. The number of hydrogen-bond acceptors (Lipinski definition) is 1. The van der Waals surface area contributed by atoms with Gasteiger partial charge in [0.15, 0.2) is 0 Å². The van der Waals surface area contributed by atoms with Crippen molar-refractivity contribution in [1.29, 1.82) is 0 Å². The normalized spacial score (nSPS) is 24.5. The minimum Gasteiger partial charge on any atom is -0.307 e. The van der Waals surface area contributed by atoms with E-state index in [0.717, 1.165) is 12.3 Å². The van der Waals surface area contributed by atoms with Gasteiger partial charge in [-0.05, 0) is 49.7 Å². The topological polar surface area (TPSA) is 12.0 Å². The maximum atomic E-state index is 3.88. The first-order chi connectivity index (χ1) is 10.2. The van der Waals surface area contributed by atoms with Crippen LogP contribution in [0.25, 0.3) is 0 Å². The number of rotatable bonds is 6. The molecule has 1 fully saturated rings. The van der Waals surface area contributed by atoms with E-state index in [2.05, 4.69) is 50.4 Å². The van der Waals surface area contributed by atoms with E-state index in [1.807, 2.05) is 0 Å². The van der Waals surface area contributed by atoms with Crippen LogP contribution in [0.1, 0.15) is 82.9 Å². The summed E-state index contributed by atoms with van der Waals surface area (Å²) < 4.78 is 0. The molecule has 3 unspecified atom stereocenters. The summed E-state index contributed by atoms with van der Waals surface area (Å²) in [5, 5.41) is 3.88. The minimum absolute atomic E-state index is 0.476. The van der Waals surface area contributed by atoms with Gasteiger partial charge in [-0.15, -0.1) is 0 Å². The Labute approximate surface area is 131 Å². The lowest BCUT2D eigenvalue weighted by atomic mass is 9.95. The quantitative estimate of drug-likeness (QED) is 0.667. The van der Waals surface area contributed by atoms with Gasteiger partial charge < -0.3 is 5.32 Å². The van der Waals surface area contributed by atoms with Crippen molar-refractivity contribution in [2.45, 2.75) is 84.2 Å². The Morgan fingerprint density at radius 3 is 2.48 bits per heavy atom. The van der Waals surface area contributed by atoms with E-state index in [4.69, 9.17) is 0 Å². The molecular weight excluding hydrogens is 254 g/mol. The molecule has 1 aliphatic carbocycles. The van der Waals surface area contributed by atoms with Crippen LogP contribution in [0, 0.1) is 5.92 Å². The fourth-order valence-electron chi connectivity index (χ4n) is 3.73. The van der Waals surface area contributed by atoms with Crippen LogP contribution in [0.4, 0.5) is 0 Å². The highest BCUT2D eigenvalue weighted by Crippen LogP contribution is 2.28. The van der Waals surface area contributed by atoms with E-state index in [-0.39, 0.29) is 0 Å². The third-order valence-electron chi connectivity index (χ3n) is 5.16. The van der Waals surface area contributed by atoms with Gasteiger partial charge in [-0.1, -0.05) is 63.8 Å². The van der Waals surface area contributed by atoms with Crippen molar-refractivity contribution in [2.75, 3.05) is 0 Å². The predicted octanol–water partition coefficient (Wildman–Crippen LogP) is 5.65. The van der Waals surface area contributed by atoms with Crippen molar-refractivity contribution in [1.82, 2.24) is 5.32 Å². The molecule has 1 heteroatoms. The molecule has 1 nitrogen and oxygen atoms in total. The van der Waals surface area contributed by atoms with Crippen molar-refractivity contribution < 1.29 is 0 Å². The van der Waals surface area contributed by atoms with Crippen LogP contribution in [-0.4, -0.2) is 6.04 Å². The van der Waals surface area contributed by atoms with Gasteiger partial charge in [0.2, 0.25) is 0 Å². The first-order valence-corrected chi connectivity index (χ1v) is 9.07. The smallest absolute Gasteiger partial charge is 0.0294 e. The number of benzene rings is 1. The Morgan fingerprint density at radius 1 is 1.05 bits per heavy atom. The Morgan fingerprint density at radius 2 is 1.81 bits per heavy atom. The molecule has 1 aromatic rings. The van der Waals surface area contributed by atoms with Crippen molar-refractivity contribution in [3.8, 4) is 0 Å². The van der Waals surface area contributed by atoms with Crippen molar-refractivity contribution in [2.24, 2.45) is 5.92 Å². The predicted molar refractivity (Wildman–Crippen MR) is 92.6 cm³/mol. The zero-order chi connectivity index (χ0) is 15.1. The summed E-state index contributed by atoms with van der Waals surface area (Å²) in [5.41, 5.74) is 2.87. The van der Waals surface area contributed by atoms with Crippen molar-refractivity contribution in [3.05, 3.63) is 35.4 Å². The van der Waals surface area contributed by atoms with Gasteiger partial charge >= 0.3 is 0 Å². The minimum atomic E-state index is 0.476. The standard InChI is InChI=1S/C20H33N/c1-4-7-18-8-6-9-20(15-12-18)21-16(3)19-13-10-17(5-2)11-14-19/h10-11,13-14,16,18,20-21H,4-9,12,15H2,1-3H3. The number of nitrogens with one attached hydrogen (secondary N) is 1. The molecule has 118 valence electrons. The lowest BCUT2D eigenvalue weighted by molar-refractivity contribution is 0.393. The third-order valence-corrected chi connectivity index (χ3v) is 5.16. The molecular formula is C20H33N. The summed E-state index contributed by atoms with van der Waals surface area (Å²) in [4.78, 5) is 0. The summed E-state index contributed by atoms with van der Waals surface area (Å²) in [6.45, 7) is 6.85. The van der Waals surface area contributed by atoms with Gasteiger partial charge in [0.05, 0.1) is 0 Å². The van der Waals surface area contributed by atoms with Gasteiger partial charge in [0.25, 0.3) is 0 Å². The summed E-state index contributed by atoms with van der Waals surface area (Å²) in [6.07, 6.45) is 10.9. The van der Waals surface area contributed by atoms with E-state index in [9.17, 15) is 0 Å². The molecule has 2 rings (SSSR count). The Balaban J connectivity index is 1.85. The van der Waals surface area contributed by atoms with Crippen LogP contribution < -0.4 is 5.32 Å². The average molecular weight is 287 g/mol. The van der Waals surface area contributed by atoms with Crippen LogP contribution in [0.5, 0.6) is 0 Å². The van der Waals surface area contributed by atoms with E-state index < -0.39 is 0 Å². The lowest BCUT2D eigenvalue weighted by Crippen LogP contribution is -2.31. The zero-order valence-electron chi connectivity index (χ0n) is 14.2. The zero-order valence-corrected chi connectivity index (χ0v) is 14.2. The van der Waals surface area contributed by atoms with Crippen LogP contribution >= 0.6 is 0 Å². The van der Waals surface area contributed by atoms with Gasteiger partial charge in [-0.2, -0.15) is 0 Å². The van der Waals surface area contributed by atoms with Crippen LogP contribution in [0.15, 0.2) is 24.3 Å². The van der Waals surface area contributed by atoms with E-state index in [1.165, 1.54) is 56.1 Å². The molecule has 0 bridgehead atoms. The van der Waals surface area contributed by atoms with Crippen LogP contribution in [-0.2, 0) is 6.42 Å². The second-order valence-electron chi connectivity index (χ2n) is 6.84. The number of aryl methyl sites for hydroxylation is 1. The summed E-state index contributed by atoms with van der Waals surface area (Å²) in [7, 11) is 0. The molecule has 0 saturated heterocycles. The van der Waals surface area contributed by atoms with E-state index in [1.54, 1.807) is 0 Å². The molecule has 1 N–H and O–H groups in total. The molecule has 0 aliphatic heterocycles. The second-order valence-corrected chi connectivity index (χ2v) is 6.84. The molecule has 1 aliphatic rings. The molecule has 0 spiro atoms. The third kappa shape index (κ3) is 5.14. The first kappa shape index (κ1) is 16.5. The molecule has 21 heavy (non-hydrogen) atoms. The Kier molecular flexibility index (Phi) is 6.76. The molecule has 3 atom stereocenters. The summed E-state index contributed by atoms with van der Waals surface area (Å²) in [6, 6.07) is 10.3. The lowest BCUT2D eigenvalue weighted by Gasteiger charge is -2.23. The van der Waals surface area contributed by atoms with Crippen LogP contribution in [0.2, 0.25) is 0 Å². The first-order valence-electron chi connectivity index (χ1n) is 9.07. The fraction of sp³-hybridized carbons (Fsp3) is 0.700.